The summed E-state index contributed by atoms with van der Waals surface area (Å²) in [5.41, 5.74) is 17.9. The van der Waals surface area contributed by atoms with E-state index in [1.54, 1.807) is 0 Å². The maximum absolute atomic E-state index is 2.37. The number of rotatable bonds is 8. The zero-order valence-electron chi connectivity index (χ0n) is 33.1. The Morgan fingerprint density at radius 3 is 1.38 bits per heavy atom. The first-order valence-electron chi connectivity index (χ1n) is 20.8. The summed E-state index contributed by atoms with van der Waals surface area (Å²) in [6.07, 6.45) is 0. The first-order chi connectivity index (χ1) is 29.8. The molecule has 1 nitrogen and oxygen atoms in total. The van der Waals surface area contributed by atoms with E-state index < -0.39 is 5.41 Å². The van der Waals surface area contributed by atoms with E-state index in [0.29, 0.717) is 0 Å². The van der Waals surface area contributed by atoms with Crippen LogP contribution >= 0.6 is 0 Å². The highest BCUT2D eigenvalue weighted by Gasteiger charge is 2.46. The summed E-state index contributed by atoms with van der Waals surface area (Å²) in [7, 11) is 0. The van der Waals surface area contributed by atoms with Crippen molar-refractivity contribution < 1.29 is 0 Å². The standard InChI is InChI=1S/C59H41N/c1-5-19-42(20-6-1)50-39-40-51(54-30-14-13-29-53(50)54)44-21-17-28-49(41-44)60(47-26-11-4-12-27-47)48-37-35-43(36-38-48)52-32-18-34-57-58(52)55-31-15-16-33-56(55)59(57,45-22-7-2-8-23-45)46-24-9-3-10-25-46/h1-41H. The van der Waals surface area contributed by atoms with Crippen LogP contribution in [0.5, 0.6) is 0 Å². The topological polar surface area (TPSA) is 3.24 Å². The van der Waals surface area contributed by atoms with Crippen LogP contribution in [0.15, 0.2) is 249 Å². The fourth-order valence-electron chi connectivity index (χ4n) is 9.78. The van der Waals surface area contributed by atoms with E-state index in [0.717, 1.165) is 17.1 Å². The van der Waals surface area contributed by atoms with Gasteiger partial charge in [0.1, 0.15) is 0 Å². The van der Waals surface area contributed by atoms with Gasteiger partial charge in [-0.25, -0.2) is 0 Å². The summed E-state index contributed by atoms with van der Waals surface area (Å²) in [5.74, 6) is 0. The van der Waals surface area contributed by atoms with Gasteiger partial charge >= 0.3 is 0 Å². The lowest BCUT2D eigenvalue weighted by Crippen LogP contribution is -2.28. The molecule has 0 fully saturated rings. The molecule has 10 aromatic rings. The van der Waals surface area contributed by atoms with E-state index >= 15 is 0 Å². The molecule has 0 aromatic heterocycles. The zero-order chi connectivity index (χ0) is 39.9. The van der Waals surface area contributed by atoms with Crippen LogP contribution in [0.2, 0.25) is 0 Å². The smallest absolute Gasteiger partial charge is 0.0713 e. The summed E-state index contributed by atoms with van der Waals surface area (Å²) in [5, 5.41) is 2.49. The minimum atomic E-state index is -0.438. The Labute approximate surface area is 352 Å². The van der Waals surface area contributed by atoms with Crippen molar-refractivity contribution in [3.63, 3.8) is 0 Å². The lowest BCUT2D eigenvalue weighted by atomic mass is 9.67. The molecule has 282 valence electrons. The maximum Gasteiger partial charge on any atom is 0.0713 e. The first-order valence-corrected chi connectivity index (χ1v) is 20.8. The van der Waals surface area contributed by atoms with Crippen molar-refractivity contribution in [1.82, 2.24) is 0 Å². The van der Waals surface area contributed by atoms with Gasteiger partial charge < -0.3 is 4.90 Å². The molecule has 1 heteroatoms. The summed E-state index contributed by atoms with van der Waals surface area (Å²) >= 11 is 0. The number of benzene rings is 10. The van der Waals surface area contributed by atoms with Crippen molar-refractivity contribution in [2.24, 2.45) is 0 Å². The number of para-hydroxylation sites is 1. The van der Waals surface area contributed by atoms with E-state index in [-0.39, 0.29) is 0 Å². The molecular formula is C59H41N. The monoisotopic (exact) mass is 763 g/mol. The Hall–Kier alpha value is -7.74. The van der Waals surface area contributed by atoms with Crippen molar-refractivity contribution in [1.29, 1.82) is 0 Å². The van der Waals surface area contributed by atoms with Gasteiger partial charge in [-0.2, -0.15) is 0 Å². The molecule has 0 aliphatic heterocycles. The van der Waals surface area contributed by atoms with Crippen LogP contribution in [0.3, 0.4) is 0 Å². The number of fused-ring (bicyclic) bond motifs is 4. The van der Waals surface area contributed by atoms with Crippen LogP contribution in [-0.4, -0.2) is 0 Å². The highest BCUT2D eigenvalue weighted by atomic mass is 15.1. The molecule has 1 aliphatic carbocycles. The van der Waals surface area contributed by atoms with Gasteiger partial charge in [0.15, 0.2) is 0 Å². The normalized spacial score (nSPS) is 12.5. The quantitative estimate of drug-likeness (QED) is 0.149. The second-order valence-corrected chi connectivity index (χ2v) is 15.6. The maximum atomic E-state index is 2.37. The Morgan fingerprint density at radius 1 is 0.267 bits per heavy atom. The fourth-order valence-corrected chi connectivity index (χ4v) is 9.78. The molecule has 0 atom stereocenters. The molecule has 60 heavy (non-hydrogen) atoms. The lowest BCUT2D eigenvalue weighted by molar-refractivity contribution is 0.768. The summed E-state index contributed by atoms with van der Waals surface area (Å²) in [6, 6.07) is 90.8. The minimum Gasteiger partial charge on any atom is -0.310 e. The molecule has 0 saturated heterocycles. The van der Waals surface area contributed by atoms with Crippen LogP contribution < -0.4 is 4.90 Å². The largest absolute Gasteiger partial charge is 0.310 e. The van der Waals surface area contributed by atoms with Gasteiger partial charge in [0.2, 0.25) is 0 Å². The van der Waals surface area contributed by atoms with Gasteiger partial charge in [0.05, 0.1) is 5.41 Å². The minimum absolute atomic E-state index is 0.438. The third-order valence-corrected chi connectivity index (χ3v) is 12.4. The lowest BCUT2D eigenvalue weighted by Gasteiger charge is -2.34. The second kappa shape index (κ2) is 14.9. The number of nitrogens with zero attached hydrogens (tertiary/aromatic N) is 1. The molecule has 0 heterocycles. The first kappa shape index (κ1) is 35.4. The SMILES string of the molecule is c1ccc(-c2ccc(-c3cccc(N(c4ccccc4)c4ccc(-c5cccc6c5-c5ccccc5C6(c5ccccc5)c5ccccc5)cc4)c3)c3ccccc23)cc1. The molecular weight excluding hydrogens is 723 g/mol. The molecule has 0 bridgehead atoms. The van der Waals surface area contributed by atoms with E-state index in [4.69, 9.17) is 0 Å². The fraction of sp³-hybridized carbons (Fsp3) is 0.0169. The molecule has 0 radical (unpaired) electrons. The predicted molar refractivity (Wildman–Crippen MR) is 252 cm³/mol. The molecule has 10 aromatic carbocycles. The van der Waals surface area contributed by atoms with Gasteiger partial charge in [0.25, 0.3) is 0 Å². The van der Waals surface area contributed by atoms with Crippen LogP contribution in [0.1, 0.15) is 22.3 Å². The Bertz CT molecular complexity index is 3080. The van der Waals surface area contributed by atoms with E-state index in [1.165, 1.54) is 77.5 Å². The summed E-state index contributed by atoms with van der Waals surface area (Å²) < 4.78 is 0. The van der Waals surface area contributed by atoms with Gasteiger partial charge in [-0.05, 0) is 114 Å². The van der Waals surface area contributed by atoms with Crippen LogP contribution in [0.25, 0.3) is 55.3 Å². The molecule has 0 unspecified atom stereocenters. The number of hydrogen-bond acceptors (Lipinski definition) is 1. The summed E-state index contributed by atoms with van der Waals surface area (Å²) in [4.78, 5) is 2.37. The van der Waals surface area contributed by atoms with E-state index in [2.05, 4.69) is 254 Å². The van der Waals surface area contributed by atoms with Gasteiger partial charge in [0, 0.05) is 17.1 Å². The predicted octanol–water partition coefficient (Wildman–Crippen LogP) is 15.7. The van der Waals surface area contributed by atoms with E-state index in [1.807, 2.05) is 0 Å². The second-order valence-electron chi connectivity index (χ2n) is 15.6. The average Bonchev–Trinajstić information content (AvgIpc) is 3.64. The van der Waals surface area contributed by atoms with Crippen LogP contribution in [-0.2, 0) is 5.41 Å². The zero-order valence-corrected chi connectivity index (χ0v) is 33.1. The van der Waals surface area contributed by atoms with Crippen molar-refractivity contribution in [2.75, 3.05) is 4.90 Å². The van der Waals surface area contributed by atoms with Gasteiger partial charge in [-0.3, -0.25) is 0 Å². The Kier molecular flexibility index (Phi) is 8.79. The third kappa shape index (κ3) is 5.78. The van der Waals surface area contributed by atoms with Crippen molar-refractivity contribution >= 4 is 27.8 Å². The number of hydrogen-bond donors (Lipinski definition) is 0. The molecule has 0 amide bonds. The average molecular weight is 764 g/mol. The van der Waals surface area contributed by atoms with E-state index in [9.17, 15) is 0 Å². The molecule has 0 spiro atoms. The van der Waals surface area contributed by atoms with Crippen LogP contribution in [0.4, 0.5) is 17.1 Å². The Balaban J connectivity index is 1.03. The Morgan fingerprint density at radius 2 is 0.717 bits per heavy atom. The highest BCUT2D eigenvalue weighted by molar-refractivity contribution is 6.05. The van der Waals surface area contributed by atoms with Crippen molar-refractivity contribution in [2.45, 2.75) is 5.41 Å². The van der Waals surface area contributed by atoms with Crippen molar-refractivity contribution in [3.05, 3.63) is 271 Å². The number of anilines is 3. The van der Waals surface area contributed by atoms with Gasteiger partial charge in [-0.15, -0.1) is 0 Å². The molecule has 11 rings (SSSR count). The third-order valence-electron chi connectivity index (χ3n) is 12.4. The molecule has 0 saturated carbocycles. The molecule has 0 N–H and O–H groups in total. The van der Waals surface area contributed by atoms with Crippen LogP contribution in [0, 0.1) is 0 Å². The van der Waals surface area contributed by atoms with Crippen molar-refractivity contribution in [3.8, 4) is 44.5 Å². The summed E-state index contributed by atoms with van der Waals surface area (Å²) in [6.45, 7) is 0. The molecule has 1 aliphatic rings. The highest BCUT2D eigenvalue weighted by Crippen LogP contribution is 2.58. The van der Waals surface area contributed by atoms with Gasteiger partial charge in [-0.1, -0.05) is 212 Å².